The summed E-state index contributed by atoms with van der Waals surface area (Å²) < 4.78 is 85.4. The topological polar surface area (TPSA) is 119 Å². The number of ether oxygens (including phenoxy) is 2. The van der Waals surface area contributed by atoms with E-state index in [0.717, 1.165) is 38.5 Å². The Morgan fingerprint density at radius 2 is 1.23 bits per heavy atom. The van der Waals surface area contributed by atoms with Crippen LogP contribution in [-0.4, -0.2) is 41.2 Å². The van der Waals surface area contributed by atoms with Gasteiger partial charge in [-0.15, -0.1) is 0 Å². The number of aromatic hydroxyl groups is 1. The molecule has 2 aromatic heterocycles. The summed E-state index contributed by atoms with van der Waals surface area (Å²) in [6.45, 7) is 3.05. The molecule has 0 saturated heterocycles. The lowest BCUT2D eigenvalue weighted by Crippen LogP contribution is -2.21. The molecule has 0 aliphatic carbocycles. The molecule has 8 nitrogen and oxygen atoms in total. The van der Waals surface area contributed by atoms with E-state index in [1.54, 1.807) is 0 Å². The Labute approximate surface area is 245 Å². The van der Waals surface area contributed by atoms with Crippen LogP contribution in [-0.2, 0) is 21.8 Å². The van der Waals surface area contributed by atoms with E-state index in [-0.39, 0.29) is 33.6 Å². The molecule has 44 heavy (non-hydrogen) atoms. The molecule has 232 valence electrons. The standard InChI is InChI=1S/2C15H12F3NO3/c2*1-8-6-11(19-13(20)12(8)14(21)22-2)9-4-3-5-10(7-9)15(16,17)18/h2*3-7H,1-2H3,(H,19,20). The fraction of sp³-hybridized carbons (Fsp3) is 0.200. The first-order valence-electron chi connectivity index (χ1n) is 12.4. The van der Waals surface area contributed by atoms with Crippen molar-refractivity contribution in [2.24, 2.45) is 0 Å². The summed E-state index contributed by atoms with van der Waals surface area (Å²) in [5.41, 5.74) is -1.24. The van der Waals surface area contributed by atoms with Crippen LogP contribution in [0.3, 0.4) is 0 Å². The highest BCUT2D eigenvalue weighted by atomic mass is 19.4. The average Bonchev–Trinajstić information content (AvgIpc) is 2.95. The fourth-order valence-corrected chi connectivity index (χ4v) is 4.08. The highest BCUT2D eigenvalue weighted by molar-refractivity contribution is 5.94. The number of alkyl halides is 6. The first kappa shape index (κ1) is 33.4. The molecular weight excluding hydrogens is 598 g/mol. The Morgan fingerprint density at radius 1 is 0.750 bits per heavy atom. The molecule has 4 rings (SSSR count). The van der Waals surface area contributed by atoms with Gasteiger partial charge in [0.15, 0.2) is 0 Å². The fourth-order valence-electron chi connectivity index (χ4n) is 4.08. The normalized spacial score (nSPS) is 11.3. The molecule has 0 spiro atoms. The zero-order chi connectivity index (χ0) is 33.0. The van der Waals surface area contributed by atoms with Crippen molar-refractivity contribution >= 4 is 11.9 Å². The monoisotopic (exact) mass is 622 g/mol. The maximum absolute atomic E-state index is 12.7. The summed E-state index contributed by atoms with van der Waals surface area (Å²) >= 11 is 0. The van der Waals surface area contributed by atoms with Crippen LogP contribution in [0, 0.1) is 13.8 Å². The molecule has 0 saturated carbocycles. The zero-order valence-corrected chi connectivity index (χ0v) is 23.5. The first-order valence-corrected chi connectivity index (χ1v) is 12.4. The van der Waals surface area contributed by atoms with E-state index in [9.17, 15) is 45.8 Å². The number of rotatable bonds is 4. The number of methoxy groups -OCH3 is 2. The number of nitrogens with zero attached hydrogens (tertiary/aromatic N) is 1. The lowest BCUT2D eigenvalue weighted by Gasteiger charge is -2.11. The summed E-state index contributed by atoms with van der Waals surface area (Å²) in [6.07, 6.45) is -8.95. The van der Waals surface area contributed by atoms with Crippen molar-refractivity contribution in [3.8, 4) is 28.4 Å². The van der Waals surface area contributed by atoms with E-state index in [2.05, 4.69) is 19.4 Å². The third kappa shape index (κ3) is 7.62. The third-order valence-corrected chi connectivity index (χ3v) is 6.19. The van der Waals surface area contributed by atoms with Crippen molar-refractivity contribution in [3.63, 3.8) is 0 Å². The summed E-state index contributed by atoms with van der Waals surface area (Å²) in [4.78, 5) is 41.1. The van der Waals surface area contributed by atoms with Gasteiger partial charge in [-0.3, -0.25) is 4.79 Å². The predicted molar refractivity (Wildman–Crippen MR) is 146 cm³/mol. The maximum Gasteiger partial charge on any atom is 0.416 e. The van der Waals surface area contributed by atoms with E-state index in [4.69, 9.17) is 0 Å². The molecule has 0 aliphatic heterocycles. The molecule has 2 N–H and O–H groups in total. The smallest absolute Gasteiger partial charge is 0.416 e. The molecule has 2 heterocycles. The van der Waals surface area contributed by atoms with Gasteiger partial charge in [0.25, 0.3) is 5.56 Å². The quantitative estimate of drug-likeness (QED) is 0.192. The van der Waals surface area contributed by atoms with E-state index < -0.39 is 46.9 Å². The van der Waals surface area contributed by atoms with Gasteiger partial charge in [0.05, 0.1) is 31.0 Å². The third-order valence-electron chi connectivity index (χ3n) is 6.19. The number of carbonyl (C=O) groups excluding carboxylic acids is 2. The number of hydrogen-bond donors (Lipinski definition) is 2. The molecular formula is C30H24F6N2O6. The Bertz CT molecular complexity index is 1740. The van der Waals surface area contributed by atoms with Crippen LogP contribution in [0.5, 0.6) is 5.88 Å². The van der Waals surface area contributed by atoms with Crippen molar-refractivity contribution in [1.82, 2.24) is 9.97 Å². The minimum absolute atomic E-state index is 0.113. The van der Waals surface area contributed by atoms with Crippen molar-refractivity contribution in [2.45, 2.75) is 26.2 Å². The lowest BCUT2D eigenvalue weighted by atomic mass is 10.0. The summed E-state index contributed by atoms with van der Waals surface area (Å²) in [6, 6.07) is 12.0. The summed E-state index contributed by atoms with van der Waals surface area (Å²) in [7, 11) is 2.30. The predicted octanol–water partition coefficient (Wildman–Crippen LogP) is 6.72. The van der Waals surface area contributed by atoms with Crippen LogP contribution < -0.4 is 5.56 Å². The van der Waals surface area contributed by atoms with Gasteiger partial charge in [-0.2, -0.15) is 26.3 Å². The van der Waals surface area contributed by atoms with Gasteiger partial charge in [-0.25, -0.2) is 14.6 Å². The van der Waals surface area contributed by atoms with Crippen LogP contribution in [0.15, 0.2) is 65.5 Å². The first-order chi connectivity index (χ1) is 20.5. The number of aromatic nitrogens is 2. The van der Waals surface area contributed by atoms with Crippen LogP contribution >= 0.6 is 0 Å². The van der Waals surface area contributed by atoms with Gasteiger partial charge in [-0.1, -0.05) is 24.3 Å². The van der Waals surface area contributed by atoms with E-state index >= 15 is 0 Å². The Morgan fingerprint density at radius 3 is 1.70 bits per heavy atom. The van der Waals surface area contributed by atoms with Crippen LogP contribution in [0.4, 0.5) is 26.3 Å². The number of pyridine rings is 2. The molecule has 0 radical (unpaired) electrons. The number of nitrogens with one attached hydrogen (secondary N) is 1. The second-order valence-electron chi connectivity index (χ2n) is 9.23. The second-order valence-corrected chi connectivity index (χ2v) is 9.23. The van der Waals surface area contributed by atoms with Crippen molar-refractivity contribution < 1.29 is 50.5 Å². The Hall–Kier alpha value is -5.14. The van der Waals surface area contributed by atoms with Crippen molar-refractivity contribution in [3.05, 3.63) is 104 Å². The summed E-state index contributed by atoms with van der Waals surface area (Å²) in [5.74, 6) is -2.15. The van der Waals surface area contributed by atoms with Crippen LogP contribution in [0.25, 0.3) is 22.5 Å². The number of hydrogen-bond acceptors (Lipinski definition) is 7. The van der Waals surface area contributed by atoms with Gasteiger partial charge >= 0.3 is 24.3 Å². The summed E-state index contributed by atoms with van der Waals surface area (Å²) in [5, 5.41) is 9.83. The number of aromatic amines is 1. The SMILES string of the molecule is COC(=O)c1c(C)cc(-c2cccc(C(F)(F)F)c2)[nH]c1=O.COC(=O)c1c(C)cc(-c2cccc(C(F)(F)F)c2)nc1O. The molecule has 2 aromatic carbocycles. The second kappa shape index (κ2) is 13.0. The maximum atomic E-state index is 12.7. The molecule has 0 atom stereocenters. The lowest BCUT2D eigenvalue weighted by molar-refractivity contribution is -0.138. The van der Waals surface area contributed by atoms with Crippen molar-refractivity contribution in [2.75, 3.05) is 14.2 Å². The number of esters is 2. The van der Waals surface area contributed by atoms with E-state index in [0.29, 0.717) is 11.1 Å². The molecule has 4 aromatic rings. The van der Waals surface area contributed by atoms with Crippen molar-refractivity contribution in [1.29, 1.82) is 0 Å². The molecule has 0 aliphatic rings. The number of benzene rings is 2. The number of halogens is 6. The average molecular weight is 623 g/mol. The highest BCUT2D eigenvalue weighted by Crippen LogP contribution is 2.34. The minimum atomic E-state index is -4.47. The van der Waals surface area contributed by atoms with Gasteiger partial charge in [0, 0.05) is 11.3 Å². The van der Waals surface area contributed by atoms with E-state index in [1.165, 1.54) is 50.2 Å². The highest BCUT2D eigenvalue weighted by Gasteiger charge is 2.31. The molecule has 0 fully saturated rings. The number of aryl methyl sites for hydroxylation is 2. The zero-order valence-electron chi connectivity index (χ0n) is 23.5. The Balaban J connectivity index is 0.000000240. The van der Waals surface area contributed by atoms with Gasteiger partial charge in [-0.05, 0) is 66.9 Å². The number of carbonyl (C=O) groups is 2. The number of H-pyrrole nitrogens is 1. The Kier molecular flexibility index (Phi) is 9.87. The van der Waals surface area contributed by atoms with Gasteiger partial charge in [0.1, 0.15) is 11.1 Å². The molecule has 0 unspecified atom stereocenters. The largest absolute Gasteiger partial charge is 0.493 e. The minimum Gasteiger partial charge on any atom is -0.493 e. The van der Waals surface area contributed by atoms with Crippen LogP contribution in [0.1, 0.15) is 43.0 Å². The molecule has 0 bridgehead atoms. The molecule has 0 amide bonds. The molecule has 14 heteroatoms. The van der Waals surface area contributed by atoms with Crippen LogP contribution in [0.2, 0.25) is 0 Å². The van der Waals surface area contributed by atoms with Gasteiger partial charge in [0.2, 0.25) is 5.88 Å². The van der Waals surface area contributed by atoms with Gasteiger partial charge < -0.3 is 19.6 Å². The van der Waals surface area contributed by atoms with E-state index in [1.807, 2.05) is 0 Å².